The fourth-order valence-corrected chi connectivity index (χ4v) is 3.41. The van der Waals surface area contributed by atoms with Crippen LogP contribution in [0.5, 0.6) is 0 Å². The summed E-state index contributed by atoms with van der Waals surface area (Å²) in [5, 5.41) is 0. The summed E-state index contributed by atoms with van der Waals surface area (Å²) >= 11 is 0. The van der Waals surface area contributed by atoms with Gasteiger partial charge in [0.15, 0.2) is 5.75 Å². The standard InChI is InChI=1S/C9H17NO4S/c1-7(2)8-4-5-10(8)15(12,13)6-9(11)14-3/h7-8H,4-6H2,1-3H3/t8-/m1/s1. The van der Waals surface area contributed by atoms with E-state index in [0.717, 1.165) is 6.42 Å². The van der Waals surface area contributed by atoms with Gasteiger partial charge in [-0.15, -0.1) is 0 Å². The quantitative estimate of drug-likeness (QED) is 0.654. The van der Waals surface area contributed by atoms with Gasteiger partial charge in [0.25, 0.3) is 0 Å². The van der Waals surface area contributed by atoms with Crippen LogP contribution >= 0.6 is 0 Å². The van der Waals surface area contributed by atoms with Gasteiger partial charge < -0.3 is 4.74 Å². The average Bonchev–Trinajstić information content (AvgIpc) is 1.98. The molecular weight excluding hydrogens is 218 g/mol. The Labute approximate surface area is 90.4 Å². The summed E-state index contributed by atoms with van der Waals surface area (Å²) in [7, 11) is -2.28. The van der Waals surface area contributed by atoms with Crippen molar-refractivity contribution in [1.29, 1.82) is 0 Å². The number of rotatable bonds is 4. The first-order chi connectivity index (χ1) is 6.88. The molecule has 0 bridgehead atoms. The lowest BCUT2D eigenvalue weighted by Gasteiger charge is -2.41. The van der Waals surface area contributed by atoms with Gasteiger partial charge in [0.1, 0.15) is 0 Å². The SMILES string of the molecule is COC(=O)CS(=O)(=O)N1CC[C@@H]1C(C)C. The van der Waals surface area contributed by atoms with Crippen LogP contribution in [0, 0.1) is 5.92 Å². The number of carbonyl (C=O) groups excluding carboxylic acids is 1. The molecule has 15 heavy (non-hydrogen) atoms. The smallest absolute Gasteiger partial charge is 0.322 e. The number of carbonyl (C=O) groups is 1. The third kappa shape index (κ3) is 2.69. The molecule has 0 aromatic carbocycles. The van der Waals surface area contributed by atoms with E-state index in [0.29, 0.717) is 6.54 Å². The van der Waals surface area contributed by atoms with Crippen molar-refractivity contribution in [2.45, 2.75) is 26.3 Å². The molecule has 1 atom stereocenters. The molecule has 88 valence electrons. The predicted octanol–water partition coefficient (Wildman–Crippen LogP) is 0.220. The van der Waals surface area contributed by atoms with E-state index in [4.69, 9.17) is 0 Å². The highest BCUT2D eigenvalue weighted by atomic mass is 32.2. The maximum Gasteiger partial charge on any atom is 0.322 e. The number of nitrogens with zero attached hydrogens (tertiary/aromatic N) is 1. The van der Waals surface area contributed by atoms with Gasteiger partial charge in [-0.05, 0) is 12.3 Å². The van der Waals surface area contributed by atoms with Gasteiger partial charge in [-0.1, -0.05) is 13.8 Å². The van der Waals surface area contributed by atoms with Gasteiger partial charge in [-0.25, -0.2) is 8.42 Å². The van der Waals surface area contributed by atoms with E-state index in [1.54, 1.807) is 0 Å². The topological polar surface area (TPSA) is 63.7 Å². The fraction of sp³-hybridized carbons (Fsp3) is 0.889. The second kappa shape index (κ2) is 4.49. The van der Waals surface area contributed by atoms with E-state index < -0.39 is 21.7 Å². The van der Waals surface area contributed by atoms with Crippen LogP contribution < -0.4 is 0 Å². The molecule has 5 nitrogen and oxygen atoms in total. The Balaban J connectivity index is 2.67. The first-order valence-corrected chi connectivity index (χ1v) is 6.55. The Kier molecular flexibility index (Phi) is 3.72. The number of ether oxygens (including phenoxy) is 1. The summed E-state index contributed by atoms with van der Waals surface area (Å²) in [6.07, 6.45) is 0.873. The Morgan fingerprint density at radius 2 is 2.13 bits per heavy atom. The highest BCUT2D eigenvalue weighted by Gasteiger charge is 2.40. The van der Waals surface area contributed by atoms with Crippen molar-refractivity contribution in [3.63, 3.8) is 0 Å². The molecule has 1 aliphatic heterocycles. The minimum absolute atomic E-state index is 0.0413. The lowest BCUT2D eigenvalue weighted by atomic mass is 9.95. The second-order valence-electron chi connectivity index (χ2n) is 4.04. The zero-order valence-electron chi connectivity index (χ0n) is 9.26. The molecule has 1 saturated heterocycles. The largest absolute Gasteiger partial charge is 0.468 e. The molecule has 0 N–H and O–H groups in total. The summed E-state index contributed by atoms with van der Waals surface area (Å²) in [5.74, 6) is -0.970. The zero-order valence-corrected chi connectivity index (χ0v) is 10.1. The van der Waals surface area contributed by atoms with Crippen LogP contribution in [0.3, 0.4) is 0 Å². The lowest BCUT2D eigenvalue weighted by Crippen LogP contribution is -2.54. The van der Waals surface area contributed by atoms with E-state index in [1.807, 2.05) is 13.8 Å². The Bertz CT molecular complexity index is 336. The van der Waals surface area contributed by atoms with Crippen LogP contribution in [-0.2, 0) is 19.6 Å². The molecular formula is C9H17NO4S. The van der Waals surface area contributed by atoms with Crippen molar-refractivity contribution in [3.05, 3.63) is 0 Å². The second-order valence-corrected chi connectivity index (χ2v) is 5.96. The number of methoxy groups -OCH3 is 1. The van der Waals surface area contributed by atoms with Crippen molar-refractivity contribution in [3.8, 4) is 0 Å². The third-order valence-corrected chi connectivity index (χ3v) is 4.44. The van der Waals surface area contributed by atoms with E-state index in [9.17, 15) is 13.2 Å². The highest BCUT2D eigenvalue weighted by molar-refractivity contribution is 7.89. The molecule has 1 heterocycles. The average molecular weight is 235 g/mol. The summed E-state index contributed by atoms with van der Waals surface area (Å²) in [5.41, 5.74) is 0. The monoisotopic (exact) mass is 235 g/mol. The number of hydrogen-bond donors (Lipinski definition) is 0. The fourth-order valence-electron chi connectivity index (χ4n) is 1.69. The predicted molar refractivity (Wildman–Crippen MR) is 55.8 cm³/mol. The van der Waals surface area contributed by atoms with Crippen LogP contribution in [-0.4, -0.2) is 44.1 Å². The summed E-state index contributed by atoms with van der Waals surface area (Å²) in [4.78, 5) is 10.9. The van der Waals surface area contributed by atoms with Crippen LogP contribution in [0.2, 0.25) is 0 Å². The first kappa shape index (κ1) is 12.4. The van der Waals surface area contributed by atoms with E-state index in [-0.39, 0.29) is 12.0 Å². The van der Waals surface area contributed by atoms with Gasteiger partial charge in [-0.3, -0.25) is 4.79 Å². The van der Waals surface area contributed by atoms with Crippen molar-refractivity contribution in [1.82, 2.24) is 4.31 Å². The third-order valence-electron chi connectivity index (χ3n) is 2.67. The molecule has 1 aliphatic rings. The molecule has 0 amide bonds. The molecule has 1 fully saturated rings. The zero-order chi connectivity index (χ0) is 11.6. The molecule has 0 spiro atoms. The molecule has 0 unspecified atom stereocenters. The van der Waals surface area contributed by atoms with Crippen LogP contribution in [0.4, 0.5) is 0 Å². The van der Waals surface area contributed by atoms with E-state index >= 15 is 0 Å². The molecule has 0 aliphatic carbocycles. The molecule has 1 rings (SSSR count). The maximum absolute atomic E-state index is 11.7. The van der Waals surface area contributed by atoms with Crippen molar-refractivity contribution < 1.29 is 17.9 Å². The van der Waals surface area contributed by atoms with Crippen molar-refractivity contribution in [2.24, 2.45) is 5.92 Å². The summed E-state index contributed by atoms with van der Waals surface area (Å²) in [6.45, 7) is 4.47. The van der Waals surface area contributed by atoms with Crippen LogP contribution in [0.15, 0.2) is 0 Å². The number of hydrogen-bond acceptors (Lipinski definition) is 4. The number of sulfonamides is 1. The van der Waals surface area contributed by atoms with Gasteiger partial charge >= 0.3 is 5.97 Å². The molecule has 0 aromatic rings. The normalized spacial score (nSPS) is 22.5. The Hall–Kier alpha value is -0.620. The van der Waals surface area contributed by atoms with Gasteiger partial charge in [0, 0.05) is 12.6 Å². The van der Waals surface area contributed by atoms with Crippen LogP contribution in [0.25, 0.3) is 0 Å². The van der Waals surface area contributed by atoms with Crippen molar-refractivity contribution >= 4 is 16.0 Å². The van der Waals surface area contributed by atoms with Crippen LogP contribution in [0.1, 0.15) is 20.3 Å². The summed E-state index contributed by atoms with van der Waals surface area (Å²) in [6, 6.07) is 0.0413. The summed E-state index contributed by atoms with van der Waals surface area (Å²) < 4.78 is 29.2. The van der Waals surface area contributed by atoms with Gasteiger partial charge in [0.2, 0.25) is 10.0 Å². The first-order valence-electron chi connectivity index (χ1n) is 4.95. The van der Waals surface area contributed by atoms with E-state index in [2.05, 4.69) is 4.74 Å². The number of esters is 1. The molecule has 6 heteroatoms. The van der Waals surface area contributed by atoms with Crippen molar-refractivity contribution in [2.75, 3.05) is 19.4 Å². The minimum Gasteiger partial charge on any atom is -0.468 e. The van der Waals surface area contributed by atoms with Gasteiger partial charge in [-0.2, -0.15) is 4.31 Å². The minimum atomic E-state index is -3.47. The highest BCUT2D eigenvalue weighted by Crippen LogP contribution is 2.27. The Morgan fingerprint density at radius 3 is 2.47 bits per heavy atom. The van der Waals surface area contributed by atoms with Gasteiger partial charge in [0.05, 0.1) is 7.11 Å². The maximum atomic E-state index is 11.7. The Morgan fingerprint density at radius 1 is 1.53 bits per heavy atom. The molecule has 0 saturated carbocycles. The molecule has 0 radical (unpaired) electrons. The van der Waals surface area contributed by atoms with E-state index in [1.165, 1.54) is 11.4 Å². The molecule has 0 aromatic heterocycles. The lowest BCUT2D eigenvalue weighted by molar-refractivity contribution is -0.137.